The number of rotatable bonds is 8. The Kier molecular flexibility index (Phi) is 11.6. The van der Waals surface area contributed by atoms with E-state index >= 15 is 0 Å². The van der Waals surface area contributed by atoms with Gasteiger partial charge in [-0.1, -0.05) is 26.0 Å². The van der Waals surface area contributed by atoms with E-state index in [9.17, 15) is 17.6 Å². The number of halogens is 6. The number of nitrogens with one attached hydrogen (secondary N) is 1. The van der Waals surface area contributed by atoms with Crippen LogP contribution in [0.5, 0.6) is 5.75 Å². The first-order valence-electron chi connectivity index (χ1n) is 8.69. The van der Waals surface area contributed by atoms with Gasteiger partial charge in [-0.25, -0.2) is 0 Å². The van der Waals surface area contributed by atoms with Crippen LogP contribution in [0.4, 0.5) is 17.6 Å². The topological polar surface area (TPSA) is 24.5 Å². The Morgan fingerprint density at radius 3 is 2.30 bits per heavy atom. The molecule has 1 heterocycles. The molecule has 0 aromatic heterocycles. The second-order valence-corrected chi connectivity index (χ2v) is 6.81. The molecule has 1 atom stereocenters. The number of nitrogens with zero attached hydrogens (tertiary/aromatic N) is 1. The summed E-state index contributed by atoms with van der Waals surface area (Å²) in [5.41, 5.74) is 0.824. The number of hydrogen-bond donors (Lipinski definition) is 1. The Morgan fingerprint density at radius 2 is 1.74 bits per heavy atom. The highest BCUT2D eigenvalue weighted by Crippen LogP contribution is 2.32. The summed E-state index contributed by atoms with van der Waals surface area (Å²) in [6, 6.07) is 6.24. The predicted octanol–water partition coefficient (Wildman–Crippen LogP) is 5.15. The van der Waals surface area contributed by atoms with Crippen LogP contribution >= 0.6 is 24.8 Å². The quantitative estimate of drug-likeness (QED) is 0.572. The lowest BCUT2D eigenvalue weighted by Gasteiger charge is -2.36. The Hall–Kier alpha value is -0.760. The molecule has 1 aromatic carbocycles. The van der Waals surface area contributed by atoms with Crippen LogP contribution in [0.25, 0.3) is 0 Å². The summed E-state index contributed by atoms with van der Waals surface area (Å²) >= 11 is 0. The standard InChI is InChI=1S/C18H26F4N2O.2ClH/c1-13(2)6-7-16(24-10-8-23-9-11-24)14-4-3-5-15(12-14)25-18(21,22)17(19)20;;/h3-5,12-13,16-17,23H,6-11H2,1-2H3;2*1H/t16-;;/m1../s1. The fourth-order valence-corrected chi connectivity index (χ4v) is 3.03. The summed E-state index contributed by atoms with van der Waals surface area (Å²) < 4.78 is 55.4. The maximum absolute atomic E-state index is 13.2. The van der Waals surface area contributed by atoms with E-state index in [4.69, 9.17) is 0 Å². The van der Waals surface area contributed by atoms with Crippen molar-refractivity contribution in [3.63, 3.8) is 0 Å². The summed E-state index contributed by atoms with van der Waals surface area (Å²) in [5.74, 6) is 0.292. The fraction of sp³-hybridized carbons (Fsp3) is 0.667. The van der Waals surface area contributed by atoms with Crippen molar-refractivity contribution in [3.05, 3.63) is 29.8 Å². The Bertz CT molecular complexity index is 544. The second kappa shape index (κ2) is 11.9. The first kappa shape index (κ1) is 26.2. The zero-order valence-corrected chi connectivity index (χ0v) is 17.1. The zero-order valence-electron chi connectivity index (χ0n) is 15.5. The van der Waals surface area contributed by atoms with Crippen molar-refractivity contribution < 1.29 is 22.3 Å². The van der Waals surface area contributed by atoms with Gasteiger partial charge in [-0.3, -0.25) is 4.90 Å². The number of ether oxygens (including phenoxy) is 1. The third-order valence-electron chi connectivity index (χ3n) is 4.36. The lowest BCUT2D eigenvalue weighted by Crippen LogP contribution is -2.45. The van der Waals surface area contributed by atoms with E-state index in [1.54, 1.807) is 6.07 Å². The highest BCUT2D eigenvalue weighted by atomic mass is 35.5. The molecular formula is C18H28Cl2F4N2O. The Balaban J connectivity index is 0.00000338. The van der Waals surface area contributed by atoms with Crippen molar-refractivity contribution in [2.45, 2.75) is 45.3 Å². The molecule has 3 nitrogen and oxygen atoms in total. The summed E-state index contributed by atoms with van der Waals surface area (Å²) in [5, 5.41) is 3.29. The molecule has 0 spiro atoms. The van der Waals surface area contributed by atoms with Crippen LogP contribution in [0.1, 0.15) is 38.3 Å². The third kappa shape index (κ3) is 8.02. The number of hydrogen-bond acceptors (Lipinski definition) is 3. The van der Waals surface area contributed by atoms with Crippen LogP contribution in [0, 0.1) is 5.92 Å². The summed E-state index contributed by atoms with van der Waals surface area (Å²) in [7, 11) is 0. The number of benzene rings is 1. The molecule has 1 aliphatic heterocycles. The van der Waals surface area contributed by atoms with E-state index < -0.39 is 12.5 Å². The molecular weight excluding hydrogens is 407 g/mol. The van der Waals surface area contributed by atoms with Gasteiger partial charge in [0.1, 0.15) is 5.75 Å². The van der Waals surface area contributed by atoms with Gasteiger partial charge in [0.05, 0.1) is 0 Å². The molecule has 2 rings (SSSR count). The highest BCUT2D eigenvalue weighted by Gasteiger charge is 2.44. The Labute approximate surface area is 170 Å². The van der Waals surface area contributed by atoms with Crippen molar-refractivity contribution >= 4 is 24.8 Å². The summed E-state index contributed by atoms with van der Waals surface area (Å²) in [4.78, 5) is 2.31. The fourth-order valence-electron chi connectivity index (χ4n) is 3.03. The van der Waals surface area contributed by atoms with Crippen LogP contribution in [-0.4, -0.2) is 43.6 Å². The Morgan fingerprint density at radius 1 is 1.11 bits per heavy atom. The normalized spacial score (nSPS) is 16.6. The summed E-state index contributed by atoms with van der Waals surface area (Å²) in [6.45, 7) is 7.74. The lowest BCUT2D eigenvalue weighted by atomic mass is 9.95. The molecule has 1 aromatic rings. The molecule has 0 aliphatic carbocycles. The monoisotopic (exact) mass is 434 g/mol. The second-order valence-electron chi connectivity index (χ2n) is 6.81. The van der Waals surface area contributed by atoms with E-state index in [0.717, 1.165) is 44.6 Å². The molecule has 0 saturated carbocycles. The SMILES string of the molecule is CC(C)CC[C@H](c1cccc(OC(F)(F)C(F)F)c1)N1CCNCC1.Cl.Cl. The smallest absolute Gasteiger partial charge is 0.428 e. The predicted molar refractivity (Wildman–Crippen MR) is 104 cm³/mol. The van der Waals surface area contributed by atoms with Gasteiger partial charge in [0, 0.05) is 32.2 Å². The molecule has 1 aliphatic rings. The molecule has 0 unspecified atom stereocenters. The summed E-state index contributed by atoms with van der Waals surface area (Å²) in [6.07, 6.45) is -6.47. The average Bonchev–Trinajstić information content (AvgIpc) is 2.55. The van der Waals surface area contributed by atoms with E-state index in [2.05, 4.69) is 28.8 Å². The van der Waals surface area contributed by atoms with Crippen molar-refractivity contribution in [2.75, 3.05) is 26.2 Å². The first-order valence-corrected chi connectivity index (χ1v) is 8.69. The van der Waals surface area contributed by atoms with Gasteiger partial charge in [0.15, 0.2) is 0 Å². The minimum absolute atomic E-state index is 0. The van der Waals surface area contributed by atoms with Crippen molar-refractivity contribution in [3.8, 4) is 5.75 Å². The largest absolute Gasteiger partial charge is 0.461 e. The molecule has 1 fully saturated rings. The minimum Gasteiger partial charge on any atom is -0.428 e. The molecule has 158 valence electrons. The van der Waals surface area contributed by atoms with Gasteiger partial charge < -0.3 is 10.1 Å². The van der Waals surface area contributed by atoms with Gasteiger partial charge in [-0.05, 0) is 36.5 Å². The van der Waals surface area contributed by atoms with Gasteiger partial charge in [0.2, 0.25) is 0 Å². The van der Waals surface area contributed by atoms with Crippen molar-refractivity contribution in [2.24, 2.45) is 5.92 Å². The van der Waals surface area contributed by atoms with Crippen LogP contribution in [0.2, 0.25) is 0 Å². The van der Waals surface area contributed by atoms with E-state index in [1.807, 2.05) is 6.07 Å². The van der Waals surface area contributed by atoms with Gasteiger partial charge in [-0.2, -0.15) is 17.6 Å². The van der Waals surface area contributed by atoms with E-state index in [-0.39, 0.29) is 36.6 Å². The molecule has 1 N–H and O–H groups in total. The van der Waals surface area contributed by atoms with Crippen LogP contribution in [0.3, 0.4) is 0 Å². The molecule has 9 heteroatoms. The van der Waals surface area contributed by atoms with Gasteiger partial charge >= 0.3 is 12.5 Å². The molecule has 0 bridgehead atoms. The van der Waals surface area contributed by atoms with Gasteiger partial charge in [-0.15, -0.1) is 24.8 Å². The minimum atomic E-state index is -4.49. The highest BCUT2D eigenvalue weighted by molar-refractivity contribution is 5.85. The third-order valence-corrected chi connectivity index (χ3v) is 4.36. The average molecular weight is 435 g/mol. The maximum Gasteiger partial charge on any atom is 0.461 e. The number of piperazine rings is 1. The van der Waals surface area contributed by atoms with E-state index in [0.29, 0.717) is 5.92 Å². The molecule has 0 radical (unpaired) electrons. The number of alkyl halides is 4. The van der Waals surface area contributed by atoms with Crippen molar-refractivity contribution in [1.29, 1.82) is 0 Å². The van der Waals surface area contributed by atoms with Crippen LogP contribution in [-0.2, 0) is 0 Å². The van der Waals surface area contributed by atoms with E-state index in [1.165, 1.54) is 12.1 Å². The van der Waals surface area contributed by atoms with Crippen LogP contribution < -0.4 is 10.1 Å². The maximum atomic E-state index is 13.2. The first-order chi connectivity index (χ1) is 11.8. The lowest BCUT2D eigenvalue weighted by molar-refractivity contribution is -0.253. The van der Waals surface area contributed by atoms with Crippen molar-refractivity contribution in [1.82, 2.24) is 10.2 Å². The zero-order chi connectivity index (χ0) is 18.4. The molecule has 0 amide bonds. The molecule has 1 saturated heterocycles. The molecule has 27 heavy (non-hydrogen) atoms. The van der Waals surface area contributed by atoms with Gasteiger partial charge in [0.25, 0.3) is 0 Å². The van der Waals surface area contributed by atoms with Crippen LogP contribution in [0.15, 0.2) is 24.3 Å².